The van der Waals surface area contributed by atoms with E-state index >= 15 is 0 Å². The summed E-state index contributed by atoms with van der Waals surface area (Å²) in [5, 5.41) is 18.0. The minimum absolute atomic E-state index is 0.208. The quantitative estimate of drug-likeness (QED) is 0.753. The summed E-state index contributed by atoms with van der Waals surface area (Å²) in [5.74, 6) is -1.42. The number of hydrogen-bond donors (Lipinski definition) is 2. The van der Waals surface area contributed by atoms with Gasteiger partial charge in [0.1, 0.15) is 11.6 Å². The first kappa shape index (κ1) is 11.7. The SMILES string of the molecule is OB(O)c1ccnc(-c2cc(F)cc(F)c2)c1. The molecule has 17 heavy (non-hydrogen) atoms. The molecule has 0 radical (unpaired) electrons. The summed E-state index contributed by atoms with van der Waals surface area (Å²) in [7, 11) is -1.64. The Kier molecular flexibility index (Phi) is 3.17. The standard InChI is InChI=1S/C11H8BF2NO2/c13-9-3-7(4-10(14)6-9)11-5-8(12(16)17)1-2-15-11/h1-6,16-17H. The summed E-state index contributed by atoms with van der Waals surface area (Å²) in [6.07, 6.45) is 1.34. The average Bonchev–Trinajstić information content (AvgIpc) is 2.28. The van der Waals surface area contributed by atoms with Crippen LogP contribution in [0.2, 0.25) is 0 Å². The molecule has 0 saturated heterocycles. The lowest BCUT2D eigenvalue weighted by Gasteiger charge is -2.04. The number of benzene rings is 1. The van der Waals surface area contributed by atoms with Gasteiger partial charge < -0.3 is 10.0 Å². The van der Waals surface area contributed by atoms with E-state index in [1.165, 1.54) is 18.3 Å². The topological polar surface area (TPSA) is 53.4 Å². The summed E-state index contributed by atoms with van der Waals surface area (Å²) in [6.45, 7) is 0. The highest BCUT2D eigenvalue weighted by atomic mass is 19.1. The molecule has 0 unspecified atom stereocenters. The van der Waals surface area contributed by atoms with Crippen LogP contribution in [0.5, 0.6) is 0 Å². The predicted octanol–water partition coefficient (Wildman–Crippen LogP) is 0.707. The molecule has 0 bridgehead atoms. The van der Waals surface area contributed by atoms with Gasteiger partial charge in [0.25, 0.3) is 0 Å². The fourth-order valence-electron chi connectivity index (χ4n) is 1.47. The third kappa shape index (κ3) is 2.66. The van der Waals surface area contributed by atoms with Gasteiger partial charge >= 0.3 is 7.12 Å². The molecule has 0 aliphatic carbocycles. The summed E-state index contributed by atoms with van der Waals surface area (Å²) in [4.78, 5) is 3.92. The maximum Gasteiger partial charge on any atom is 0.488 e. The van der Waals surface area contributed by atoms with E-state index in [0.717, 1.165) is 18.2 Å². The molecule has 0 amide bonds. The van der Waals surface area contributed by atoms with Crippen LogP contribution in [0.15, 0.2) is 36.5 Å². The Morgan fingerprint density at radius 2 is 1.65 bits per heavy atom. The van der Waals surface area contributed by atoms with Gasteiger partial charge in [-0.1, -0.05) is 0 Å². The van der Waals surface area contributed by atoms with Crippen molar-refractivity contribution in [3.8, 4) is 11.3 Å². The zero-order chi connectivity index (χ0) is 12.4. The van der Waals surface area contributed by atoms with Gasteiger partial charge in [0.15, 0.2) is 0 Å². The molecule has 86 valence electrons. The lowest BCUT2D eigenvalue weighted by molar-refractivity contribution is 0.425. The van der Waals surface area contributed by atoms with Crippen LogP contribution in [0.3, 0.4) is 0 Å². The normalized spacial score (nSPS) is 10.4. The van der Waals surface area contributed by atoms with Gasteiger partial charge in [-0.15, -0.1) is 0 Å². The van der Waals surface area contributed by atoms with Crippen LogP contribution >= 0.6 is 0 Å². The van der Waals surface area contributed by atoms with Crippen LogP contribution in [0.1, 0.15) is 0 Å². The fraction of sp³-hybridized carbons (Fsp3) is 0. The molecule has 0 atom stereocenters. The summed E-state index contributed by atoms with van der Waals surface area (Å²) in [6, 6.07) is 5.77. The smallest absolute Gasteiger partial charge is 0.423 e. The van der Waals surface area contributed by atoms with Crippen molar-refractivity contribution in [2.75, 3.05) is 0 Å². The van der Waals surface area contributed by atoms with Crippen molar-refractivity contribution in [2.24, 2.45) is 0 Å². The predicted molar refractivity (Wildman–Crippen MR) is 59.4 cm³/mol. The van der Waals surface area contributed by atoms with E-state index in [-0.39, 0.29) is 16.7 Å². The van der Waals surface area contributed by atoms with Gasteiger partial charge in [0.2, 0.25) is 0 Å². The van der Waals surface area contributed by atoms with Crippen LogP contribution in [0, 0.1) is 11.6 Å². The second-order valence-corrected chi connectivity index (χ2v) is 3.51. The Labute approximate surface area is 96.5 Å². The summed E-state index contributed by atoms with van der Waals surface area (Å²) < 4.78 is 26.0. The molecule has 1 aromatic heterocycles. The van der Waals surface area contributed by atoms with Crippen LogP contribution < -0.4 is 5.46 Å². The molecule has 0 saturated carbocycles. The van der Waals surface area contributed by atoms with E-state index in [2.05, 4.69) is 4.98 Å². The van der Waals surface area contributed by atoms with E-state index < -0.39 is 18.8 Å². The first-order valence-electron chi connectivity index (χ1n) is 4.85. The lowest BCUT2D eigenvalue weighted by Crippen LogP contribution is -2.29. The van der Waals surface area contributed by atoms with Crippen LogP contribution in [0.25, 0.3) is 11.3 Å². The third-order valence-electron chi connectivity index (χ3n) is 2.24. The molecule has 1 aromatic carbocycles. The first-order chi connectivity index (χ1) is 8.06. The van der Waals surface area contributed by atoms with E-state index in [9.17, 15) is 8.78 Å². The van der Waals surface area contributed by atoms with E-state index in [0.29, 0.717) is 0 Å². The number of nitrogens with zero attached hydrogens (tertiary/aromatic N) is 1. The Bertz CT molecular complexity index is 528. The van der Waals surface area contributed by atoms with Gasteiger partial charge in [0, 0.05) is 17.8 Å². The van der Waals surface area contributed by atoms with Gasteiger partial charge in [-0.25, -0.2) is 8.78 Å². The molecule has 1 heterocycles. The molecule has 0 spiro atoms. The summed E-state index contributed by atoms with van der Waals surface area (Å²) >= 11 is 0. The average molecular weight is 235 g/mol. The number of hydrogen-bond acceptors (Lipinski definition) is 3. The number of rotatable bonds is 2. The first-order valence-corrected chi connectivity index (χ1v) is 4.85. The molecular weight excluding hydrogens is 227 g/mol. The van der Waals surface area contributed by atoms with Crippen LogP contribution in [-0.2, 0) is 0 Å². The van der Waals surface area contributed by atoms with E-state index in [4.69, 9.17) is 10.0 Å². The molecule has 2 N–H and O–H groups in total. The molecule has 6 heteroatoms. The van der Waals surface area contributed by atoms with Gasteiger partial charge in [0.05, 0.1) is 5.69 Å². The Morgan fingerprint density at radius 3 is 2.24 bits per heavy atom. The van der Waals surface area contributed by atoms with E-state index in [1.54, 1.807) is 0 Å². The zero-order valence-electron chi connectivity index (χ0n) is 8.64. The molecule has 2 aromatic rings. The van der Waals surface area contributed by atoms with Crippen molar-refractivity contribution >= 4 is 12.6 Å². The maximum absolute atomic E-state index is 13.0. The summed E-state index contributed by atoms with van der Waals surface area (Å²) in [5.41, 5.74) is 0.721. The van der Waals surface area contributed by atoms with Gasteiger partial charge in [-0.3, -0.25) is 4.98 Å². The monoisotopic (exact) mass is 235 g/mol. The van der Waals surface area contributed by atoms with Crippen molar-refractivity contribution in [3.05, 3.63) is 48.2 Å². The molecule has 0 fully saturated rings. The number of halogens is 2. The Balaban J connectivity index is 2.49. The minimum atomic E-state index is -1.64. The molecule has 2 rings (SSSR count). The highest BCUT2D eigenvalue weighted by Gasteiger charge is 2.12. The minimum Gasteiger partial charge on any atom is -0.423 e. The molecule has 0 aliphatic rings. The van der Waals surface area contributed by atoms with Crippen molar-refractivity contribution < 1.29 is 18.8 Å². The Hall–Kier alpha value is -1.79. The van der Waals surface area contributed by atoms with Crippen molar-refractivity contribution in [1.29, 1.82) is 0 Å². The number of aromatic nitrogens is 1. The molecular formula is C11H8BF2NO2. The fourth-order valence-corrected chi connectivity index (χ4v) is 1.47. The van der Waals surface area contributed by atoms with Crippen LogP contribution in [0.4, 0.5) is 8.78 Å². The lowest BCUT2D eigenvalue weighted by atomic mass is 9.80. The highest BCUT2D eigenvalue weighted by Crippen LogP contribution is 2.18. The molecule has 0 aliphatic heterocycles. The van der Waals surface area contributed by atoms with Gasteiger partial charge in [-0.05, 0) is 29.7 Å². The molecule has 3 nitrogen and oxygen atoms in total. The van der Waals surface area contributed by atoms with Crippen LogP contribution in [-0.4, -0.2) is 22.2 Å². The van der Waals surface area contributed by atoms with Crippen molar-refractivity contribution in [3.63, 3.8) is 0 Å². The van der Waals surface area contributed by atoms with Crippen molar-refractivity contribution in [1.82, 2.24) is 4.98 Å². The van der Waals surface area contributed by atoms with Gasteiger partial charge in [-0.2, -0.15) is 0 Å². The highest BCUT2D eigenvalue weighted by molar-refractivity contribution is 6.58. The maximum atomic E-state index is 13.0. The van der Waals surface area contributed by atoms with Crippen molar-refractivity contribution in [2.45, 2.75) is 0 Å². The zero-order valence-corrected chi connectivity index (χ0v) is 8.64. The Morgan fingerprint density at radius 1 is 1.00 bits per heavy atom. The second kappa shape index (κ2) is 4.61. The second-order valence-electron chi connectivity index (χ2n) is 3.51. The number of pyridine rings is 1. The third-order valence-corrected chi connectivity index (χ3v) is 2.24. The largest absolute Gasteiger partial charge is 0.488 e. The van der Waals surface area contributed by atoms with E-state index in [1.807, 2.05) is 0 Å².